The molecule has 0 amide bonds. The Balaban J connectivity index is 2.64. The Hall–Kier alpha value is -0.900. The molecule has 1 heterocycles. The third kappa shape index (κ3) is 2.51. The summed E-state index contributed by atoms with van der Waals surface area (Å²) in [7, 11) is 0. The van der Waals surface area contributed by atoms with Crippen LogP contribution in [-0.4, -0.2) is 4.98 Å². The number of hydrogen-bond donors (Lipinski definition) is 0. The lowest BCUT2D eigenvalue weighted by atomic mass is 10.1. The molecular weight excluding hydrogens is 290 g/mol. The first-order valence-electron chi connectivity index (χ1n) is 4.46. The quantitative estimate of drug-likeness (QED) is 0.533. The Kier molecular flexibility index (Phi) is 3.52. The average Bonchev–Trinajstić information content (AvgIpc) is 2.24. The first-order chi connectivity index (χ1) is 7.99. The van der Waals surface area contributed by atoms with E-state index in [0.29, 0.717) is 5.56 Å². The van der Waals surface area contributed by atoms with E-state index in [9.17, 15) is 8.78 Å². The van der Waals surface area contributed by atoms with Gasteiger partial charge < -0.3 is 0 Å². The maximum Gasteiger partial charge on any atom is 0.223 e. The molecule has 17 heavy (non-hydrogen) atoms. The molecule has 88 valence electrons. The van der Waals surface area contributed by atoms with Crippen molar-refractivity contribution in [2.45, 2.75) is 0 Å². The third-order valence-electron chi connectivity index (χ3n) is 2.11. The van der Waals surface area contributed by atoms with Crippen molar-refractivity contribution in [2.24, 2.45) is 0 Å². The maximum atomic E-state index is 13.5. The number of aromatic nitrogens is 1. The summed E-state index contributed by atoms with van der Waals surface area (Å²) in [5.41, 5.74) is 0.376. The minimum absolute atomic E-state index is 0.0648. The van der Waals surface area contributed by atoms with Crippen molar-refractivity contribution in [1.82, 2.24) is 4.98 Å². The first kappa shape index (κ1) is 12.6. The van der Waals surface area contributed by atoms with E-state index in [2.05, 4.69) is 4.98 Å². The normalized spacial score (nSPS) is 10.6. The fourth-order valence-electron chi connectivity index (χ4n) is 1.34. The van der Waals surface area contributed by atoms with Gasteiger partial charge in [0.15, 0.2) is 0 Å². The molecule has 0 radical (unpaired) electrons. The fourth-order valence-corrected chi connectivity index (χ4v) is 1.99. The van der Waals surface area contributed by atoms with Crippen molar-refractivity contribution in [3.63, 3.8) is 0 Å². The Labute approximate surface area is 111 Å². The highest BCUT2D eigenvalue weighted by Crippen LogP contribution is 2.35. The van der Waals surface area contributed by atoms with Gasteiger partial charge >= 0.3 is 0 Å². The molecule has 2 aromatic rings. The fraction of sp³-hybridized carbons (Fsp3) is 0. The monoisotopic (exact) mass is 293 g/mol. The van der Waals surface area contributed by atoms with Gasteiger partial charge in [0.1, 0.15) is 0 Å². The lowest BCUT2D eigenvalue weighted by Crippen LogP contribution is -1.93. The molecule has 0 aliphatic heterocycles. The van der Waals surface area contributed by atoms with Crippen LogP contribution in [-0.2, 0) is 0 Å². The van der Waals surface area contributed by atoms with Crippen molar-refractivity contribution in [1.29, 1.82) is 0 Å². The van der Waals surface area contributed by atoms with Crippen LogP contribution in [0, 0.1) is 11.9 Å². The topological polar surface area (TPSA) is 12.9 Å². The highest BCUT2D eigenvalue weighted by molar-refractivity contribution is 6.44. The Bertz CT molecular complexity index is 587. The van der Waals surface area contributed by atoms with Crippen LogP contribution < -0.4 is 0 Å². The number of hydrogen-bond acceptors (Lipinski definition) is 1. The van der Waals surface area contributed by atoms with Crippen LogP contribution in [0.15, 0.2) is 24.3 Å². The smallest absolute Gasteiger partial charge is 0.190 e. The van der Waals surface area contributed by atoms with E-state index in [0.717, 1.165) is 6.07 Å². The van der Waals surface area contributed by atoms with Gasteiger partial charge in [-0.25, -0.2) is 0 Å². The summed E-state index contributed by atoms with van der Waals surface area (Å²) >= 11 is 17.5. The van der Waals surface area contributed by atoms with E-state index < -0.39 is 11.9 Å². The van der Waals surface area contributed by atoms with Crippen LogP contribution in [0.25, 0.3) is 11.1 Å². The second-order valence-corrected chi connectivity index (χ2v) is 4.44. The SMILES string of the molecule is Fc1ccc(-c2cc(Cl)c(Cl)cc2Cl)c(F)n1. The first-order valence-corrected chi connectivity index (χ1v) is 5.59. The second-order valence-electron chi connectivity index (χ2n) is 3.22. The zero-order valence-corrected chi connectivity index (χ0v) is 10.4. The van der Waals surface area contributed by atoms with Crippen LogP contribution in [0.4, 0.5) is 8.78 Å². The predicted molar refractivity (Wildman–Crippen MR) is 64.6 cm³/mol. The molecule has 0 atom stereocenters. The van der Waals surface area contributed by atoms with Gasteiger partial charge in [0.25, 0.3) is 0 Å². The molecule has 0 N–H and O–H groups in total. The number of nitrogens with zero attached hydrogens (tertiary/aromatic N) is 1. The van der Waals surface area contributed by atoms with Crippen LogP contribution in [0.5, 0.6) is 0 Å². The standard InChI is InChI=1S/C11H4Cl3F2N/c12-7-4-9(14)8(13)3-6(7)5-1-2-10(15)17-11(5)16/h1-4H. The Morgan fingerprint density at radius 2 is 1.47 bits per heavy atom. The molecule has 0 saturated heterocycles. The molecule has 0 saturated carbocycles. The number of halogens is 5. The van der Waals surface area contributed by atoms with Crippen LogP contribution >= 0.6 is 34.8 Å². The van der Waals surface area contributed by atoms with Crippen LogP contribution in [0.1, 0.15) is 0 Å². The number of benzene rings is 1. The summed E-state index contributed by atoms with van der Waals surface area (Å²) in [4.78, 5) is 3.08. The van der Waals surface area contributed by atoms with Gasteiger partial charge in [-0.3, -0.25) is 0 Å². The van der Waals surface area contributed by atoms with Gasteiger partial charge in [0, 0.05) is 11.1 Å². The Morgan fingerprint density at radius 3 is 2.12 bits per heavy atom. The zero-order chi connectivity index (χ0) is 12.6. The third-order valence-corrected chi connectivity index (χ3v) is 3.15. The second kappa shape index (κ2) is 4.77. The predicted octanol–water partition coefficient (Wildman–Crippen LogP) is 4.99. The summed E-state index contributed by atoms with van der Waals surface area (Å²) in [6, 6.07) is 5.08. The van der Waals surface area contributed by atoms with Gasteiger partial charge in [-0.2, -0.15) is 13.8 Å². The molecule has 0 aliphatic carbocycles. The molecule has 0 bridgehead atoms. The molecular formula is C11H4Cl3F2N. The van der Waals surface area contributed by atoms with E-state index in [1.54, 1.807) is 0 Å². The van der Waals surface area contributed by atoms with Gasteiger partial charge in [0.2, 0.25) is 11.9 Å². The summed E-state index contributed by atoms with van der Waals surface area (Å²) < 4.78 is 26.1. The molecule has 0 aliphatic rings. The minimum atomic E-state index is -0.953. The van der Waals surface area contributed by atoms with Gasteiger partial charge in [0.05, 0.1) is 15.1 Å². The van der Waals surface area contributed by atoms with Crippen LogP contribution in [0.3, 0.4) is 0 Å². The molecule has 0 fully saturated rings. The molecule has 1 aromatic carbocycles. The summed E-state index contributed by atoms with van der Waals surface area (Å²) in [6.45, 7) is 0. The van der Waals surface area contributed by atoms with E-state index in [1.807, 2.05) is 0 Å². The summed E-state index contributed by atoms with van der Waals surface area (Å²) in [6.07, 6.45) is 0. The van der Waals surface area contributed by atoms with Crippen molar-refractivity contribution in [3.8, 4) is 11.1 Å². The van der Waals surface area contributed by atoms with Crippen LogP contribution in [0.2, 0.25) is 15.1 Å². The summed E-state index contributed by atoms with van der Waals surface area (Å²) in [5.74, 6) is -1.85. The molecule has 1 aromatic heterocycles. The van der Waals surface area contributed by atoms with Gasteiger partial charge in [-0.05, 0) is 24.3 Å². The highest BCUT2D eigenvalue weighted by Gasteiger charge is 2.13. The minimum Gasteiger partial charge on any atom is -0.190 e. The molecule has 2 rings (SSSR count). The van der Waals surface area contributed by atoms with Crippen molar-refractivity contribution in [3.05, 3.63) is 51.2 Å². The van der Waals surface area contributed by atoms with E-state index in [-0.39, 0.29) is 20.6 Å². The number of pyridine rings is 1. The lowest BCUT2D eigenvalue weighted by molar-refractivity contribution is 0.515. The molecule has 0 unspecified atom stereocenters. The highest BCUT2D eigenvalue weighted by atomic mass is 35.5. The molecule has 6 heteroatoms. The lowest BCUT2D eigenvalue weighted by Gasteiger charge is -2.07. The zero-order valence-electron chi connectivity index (χ0n) is 8.15. The van der Waals surface area contributed by atoms with E-state index >= 15 is 0 Å². The average molecular weight is 295 g/mol. The van der Waals surface area contributed by atoms with Crippen molar-refractivity contribution in [2.75, 3.05) is 0 Å². The van der Waals surface area contributed by atoms with Gasteiger partial charge in [-0.1, -0.05) is 34.8 Å². The summed E-state index contributed by atoms with van der Waals surface area (Å²) in [5, 5.41) is 0.706. The molecule has 0 spiro atoms. The van der Waals surface area contributed by atoms with Crippen molar-refractivity contribution >= 4 is 34.8 Å². The largest absolute Gasteiger partial charge is 0.223 e. The van der Waals surface area contributed by atoms with Gasteiger partial charge in [-0.15, -0.1) is 0 Å². The number of rotatable bonds is 1. The van der Waals surface area contributed by atoms with E-state index in [1.165, 1.54) is 18.2 Å². The van der Waals surface area contributed by atoms with Crippen molar-refractivity contribution < 1.29 is 8.78 Å². The maximum absolute atomic E-state index is 13.5. The molecule has 1 nitrogen and oxygen atoms in total. The van der Waals surface area contributed by atoms with E-state index in [4.69, 9.17) is 34.8 Å². The Morgan fingerprint density at radius 1 is 0.824 bits per heavy atom.